The standard InChI is InChI=1S/C18H21F3N4/c1-12-7-9-25(10-8-12)16-11-13(2)22-17(24-16)23-15-6-4-3-5-14(15)18(19,20)21/h3-6,11-12H,7-10H2,1-2H3,(H,22,23,24). The van der Waals surface area contributed by atoms with Crippen molar-refractivity contribution in [3.63, 3.8) is 0 Å². The molecule has 0 atom stereocenters. The van der Waals surface area contributed by atoms with Gasteiger partial charge in [0.15, 0.2) is 0 Å². The van der Waals surface area contributed by atoms with Crippen LogP contribution in [-0.2, 0) is 6.18 Å². The van der Waals surface area contributed by atoms with E-state index in [1.165, 1.54) is 12.1 Å². The Kier molecular flexibility index (Phi) is 4.83. The molecular formula is C18H21F3N4. The van der Waals surface area contributed by atoms with Crippen LogP contribution in [0.25, 0.3) is 0 Å². The van der Waals surface area contributed by atoms with Gasteiger partial charge >= 0.3 is 6.18 Å². The molecule has 7 heteroatoms. The van der Waals surface area contributed by atoms with E-state index in [0.717, 1.165) is 43.5 Å². The normalized spacial score (nSPS) is 16.1. The van der Waals surface area contributed by atoms with Crippen molar-refractivity contribution in [3.05, 3.63) is 41.6 Å². The molecule has 2 heterocycles. The van der Waals surface area contributed by atoms with Crippen molar-refractivity contribution in [1.29, 1.82) is 0 Å². The Morgan fingerprint density at radius 1 is 1.12 bits per heavy atom. The van der Waals surface area contributed by atoms with E-state index in [9.17, 15) is 13.2 Å². The molecule has 0 aliphatic carbocycles. The van der Waals surface area contributed by atoms with Crippen LogP contribution in [0.2, 0.25) is 0 Å². The molecule has 2 aromatic rings. The number of hydrogen-bond acceptors (Lipinski definition) is 4. The monoisotopic (exact) mass is 350 g/mol. The van der Waals surface area contributed by atoms with E-state index in [0.29, 0.717) is 5.92 Å². The maximum atomic E-state index is 13.1. The van der Waals surface area contributed by atoms with Gasteiger partial charge < -0.3 is 10.2 Å². The number of aromatic nitrogens is 2. The largest absolute Gasteiger partial charge is 0.418 e. The molecule has 1 fully saturated rings. The molecule has 25 heavy (non-hydrogen) atoms. The third-order valence-corrected chi connectivity index (χ3v) is 4.43. The molecule has 134 valence electrons. The van der Waals surface area contributed by atoms with Gasteiger partial charge in [0.25, 0.3) is 0 Å². The zero-order chi connectivity index (χ0) is 18.0. The summed E-state index contributed by atoms with van der Waals surface area (Å²) >= 11 is 0. The van der Waals surface area contributed by atoms with Crippen molar-refractivity contribution in [3.8, 4) is 0 Å². The van der Waals surface area contributed by atoms with Gasteiger partial charge in [0.1, 0.15) is 5.82 Å². The molecule has 0 radical (unpaired) electrons. The molecule has 1 saturated heterocycles. The molecule has 0 spiro atoms. The molecule has 1 N–H and O–H groups in total. The first kappa shape index (κ1) is 17.5. The van der Waals surface area contributed by atoms with Crippen LogP contribution in [0.5, 0.6) is 0 Å². The third kappa shape index (κ3) is 4.21. The second kappa shape index (κ2) is 6.90. The van der Waals surface area contributed by atoms with Gasteiger partial charge in [-0.15, -0.1) is 0 Å². The van der Waals surface area contributed by atoms with Crippen molar-refractivity contribution in [1.82, 2.24) is 9.97 Å². The SMILES string of the molecule is Cc1cc(N2CCC(C)CC2)nc(Nc2ccccc2C(F)(F)F)n1. The van der Waals surface area contributed by atoms with Gasteiger partial charge in [0.05, 0.1) is 11.3 Å². The van der Waals surface area contributed by atoms with E-state index in [1.54, 1.807) is 6.07 Å². The summed E-state index contributed by atoms with van der Waals surface area (Å²) in [5, 5.41) is 2.74. The second-order valence-corrected chi connectivity index (χ2v) is 6.53. The van der Waals surface area contributed by atoms with Crippen LogP contribution in [0.3, 0.4) is 0 Å². The fraction of sp³-hybridized carbons (Fsp3) is 0.444. The lowest BCUT2D eigenvalue weighted by Gasteiger charge is -2.31. The lowest BCUT2D eigenvalue weighted by molar-refractivity contribution is -0.136. The maximum absolute atomic E-state index is 13.1. The van der Waals surface area contributed by atoms with Crippen LogP contribution in [0.1, 0.15) is 31.0 Å². The number of nitrogens with one attached hydrogen (secondary N) is 1. The van der Waals surface area contributed by atoms with Crippen LogP contribution >= 0.6 is 0 Å². The van der Waals surface area contributed by atoms with Crippen molar-refractivity contribution >= 4 is 17.5 Å². The predicted molar refractivity (Wildman–Crippen MR) is 92.1 cm³/mol. The van der Waals surface area contributed by atoms with Crippen LogP contribution in [0, 0.1) is 12.8 Å². The van der Waals surface area contributed by atoms with E-state index in [-0.39, 0.29) is 11.6 Å². The first-order valence-electron chi connectivity index (χ1n) is 8.37. The first-order valence-corrected chi connectivity index (χ1v) is 8.37. The minimum Gasteiger partial charge on any atom is -0.356 e. The Morgan fingerprint density at radius 2 is 1.80 bits per heavy atom. The Bertz CT molecular complexity index is 737. The van der Waals surface area contributed by atoms with Gasteiger partial charge in [-0.05, 0) is 37.8 Å². The van der Waals surface area contributed by atoms with E-state index in [2.05, 4.69) is 27.1 Å². The highest BCUT2D eigenvalue weighted by Crippen LogP contribution is 2.35. The van der Waals surface area contributed by atoms with E-state index >= 15 is 0 Å². The topological polar surface area (TPSA) is 41.1 Å². The number of anilines is 3. The molecule has 3 rings (SSSR count). The summed E-state index contributed by atoms with van der Waals surface area (Å²) in [6.45, 7) is 5.84. The lowest BCUT2D eigenvalue weighted by Crippen LogP contribution is -2.33. The van der Waals surface area contributed by atoms with Crippen molar-refractivity contribution in [2.24, 2.45) is 5.92 Å². The number of alkyl halides is 3. The number of nitrogens with zero attached hydrogens (tertiary/aromatic N) is 3. The number of halogens is 3. The number of piperidine rings is 1. The van der Waals surface area contributed by atoms with Gasteiger partial charge in [0.2, 0.25) is 5.95 Å². The summed E-state index contributed by atoms with van der Waals surface area (Å²) in [7, 11) is 0. The van der Waals surface area contributed by atoms with Crippen LogP contribution in [-0.4, -0.2) is 23.1 Å². The highest BCUT2D eigenvalue weighted by molar-refractivity contribution is 5.60. The molecule has 1 aromatic carbocycles. The number of para-hydroxylation sites is 1. The summed E-state index contributed by atoms with van der Waals surface area (Å²) in [6, 6.07) is 7.23. The molecule has 0 amide bonds. The fourth-order valence-electron chi connectivity index (χ4n) is 2.97. The van der Waals surface area contributed by atoms with Crippen LogP contribution in [0.4, 0.5) is 30.6 Å². The van der Waals surface area contributed by atoms with Crippen LogP contribution in [0.15, 0.2) is 30.3 Å². The number of rotatable bonds is 3. The average molecular weight is 350 g/mol. The zero-order valence-electron chi connectivity index (χ0n) is 14.3. The van der Waals surface area contributed by atoms with Gasteiger partial charge in [-0.3, -0.25) is 0 Å². The molecule has 0 saturated carbocycles. The molecule has 0 bridgehead atoms. The van der Waals surface area contributed by atoms with E-state index in [1.807, 2.05) is 13.0 Å². The maximum Gasteiger partial charge on any atom is 0.418 e. The van der Waals surface area contributed by atoms with Gasteiger partial charge in [0, 0.05) is 24.8 Å². The molecule has 1 aromatic heterocycles. The van der Waals surface area contributed by atoms with E-state index < -0.39 is 11.7 Å². The average Bonchev–Trinajstić information content (AvgIpc) is 2.54. The Hall–Kier alpha value is -2.31. The highest BCUT2D eigenvalue weighted by Gasteiger charge is 2.33. The Labute approximate surface area is 145 Å². The summed E-state index contributed by atoms with van der Waals surface area (Å²) in [5.74, 6) is 1.63. The highest BCUT2D eigenvalue weighted by atomic mass is 19.4. The quantitative estimate of drug-likeness (QED) is 0.865. The minimum absolute atomic E-state index is 0.0428. The fourth-order valence-corrected chi connectivity index (χ4v) is 2.97. The number of benzene rings is 1. The molecular weight excluding hydrogens is 329 g/mol. The van der Waals surface area contributed by atoms with Gasteiger partial charge in [-0.1, -0.05) is 19.1 Å². The van der Waals surface area contributed by atoms with Crippen LogP contribution < -0.4 is 10.2 Å². The molecule has 4 nitrogen and oxygen atoms in total. The minimum atomic E-state index is -4.43. The second-order valence-electron chi connectivity index (χ2n) is 6.53. The Morgan fingerprint density at radius 3 is 2.48 bits per heavy atom. The Balaban J connectivity index is 1.87. The third-order valence-electron chi connectivity index (χ3n) is 4.43. The zero-order valence-corrected chi connectivity index (χ0v) is 14.3. The molecule has 0 unspecified atom stereocenters. The van der Waals surface area contributed by atoms with Crippen molar-refractivity contribution in [2.45, 2.75) is 32.9 Å². The first-order chi connectivity index (χ1) is 11.8. The predicted octanol–water partition coefficient (Wildman–Crippen LogP) is 4.78. The van der Waals surface area contributed by atoms with Gasteiger partial charge in [-0.2, -0.15) is 18.2 Å². The van der Waals surface area contributed by atoms with Crippen molar-refractivity contribution in [2.75, 3.05) is 23.3 Å². The number of hydrogen-bond donors (Lipinski definition) is 1. The summed E-state index contributed by atoms with van der Waals surface area (Å²) < 4.78 is 39.4. The lowest BCUT2D eigenvalue weighted by atomic mass is 9.99. The summed E-state index contributed by atoms with van der Waals surface area (Å²) in [4.78, 5) is 10.8. The van der Waals surface area contributed by atoms with Crippen molar-refractivity contribution < 1.29 is 13.2 Å². The molecule has 1 aliphatic heterocycles. The van der Waals surface area contributed by atoms with E-state index in [4.69, 9.17) is 0 Å². The summed E-state index contributed by atoms with van der Waals surface area (Å²) in [5.41, 5.74) is -0.0529. The smallest absolute Gasteiger partial charge is 0.356 e. The molecule has 1 aliphatic rings. The van der Waals surface area contributed by atoms with Gasteiger partial charge in [-0.25, -0.2) is 4.98 Å². The number of aryl methyl sites for hydroxylation is 1. The summed E-state index contributed by atoms with van der Waals surface area (Å²) in [6.07, 6.45) is -2.26.